The Hall–Kier alpha value is -1.95. The monoisotopic (exact) mass is 273 g/mol. The lowest BCUT2D eigenvalue weighted by Crippen LogP contribution is -2.42. The van der Waals surface area contributed by atoms with Gasteiger partial charge in [0.25, 0.3) is 0 Å². The summed E-state index contributed by atoms with van der Waals surface area (Å²) in [7, 11) is 0. The Labute approximate surface area is 117 Å². The van der Waals surface area contributed by atoms with Crippen molar-refractivity contribution < 1.29 is 4.79 Å². The zero-order chi connectivity index (χ0) is 14.0. The smallest absolute Gasteiger partial charge is 0.222 e. The first kappa shape index (κ1) is 13.1. The molecule has 2 aromatic rings. The third-order valence-electron chi connectivity index (χ3n) is 3.94. The summed E-state index contributed by atoms with van der Waals surface area (Å²) in [6.45, 7) is 0.375. The summed E-state index contributed by atoms with van der Waals surface area (Å²) in [4.78, 5) is 12.0. The number of nitrogens with zero attached hydrogens (tertiary/aromatic N) is 3. The molecule has 0 atom stereocenters. The number of carbonyl (C=O) groups excluding carboxylic acids is 1. The average Bonchev–Trinajstić information content (AvgIpc) is 3.03. The minimum atomic E-state index is -0.309. The van der Waals surface area contributed by atoms with Crippen molar-refractivity contribution >= 4 is 11.6 Å². The van der Waals surface area contributed by atoms with Crippen molar-refractivity contribution in [2.24, 2.45) is 5.73 Å². The summed E-state index contributed by atoms with van der Waals surface area (Å²) in [5.41, 5.74) is 6.68. The first-order chi connectivity index (χ1) is 9.66. The van der Waals surface area contributed by atoms with E-state index in [1.807, 2.05) is 28.8 Å². The number of carbonyl (C=O) groups is 1. The van der Waals surface area contributed by atoms with Crippen LogP contribution in [0.15, 0.2) is 24.4 Å². The highest BCUT2D eigenvalue weighted by Gasteiger charge is 2.31. The molecule has 1 aliphatic carbocycles. The van der Waals surface area contributed by atoms with E-state index < -0.39 is 0 Å². The molecule has 0 bridgehead atoms. The molecular formula is C14H19N5O. The average molecular weight is 273 g/mol. The highest BCUT2D eigenvalue weighted by atomic mass is 16.1. The van der Waals surface area contributed by atoms with Crippen LogP contribution in [-0.2, 0) is 11.3 Å². The first-order valence-corrected chi connectivity index (χ1v) is 7.01. The highest BCUT2D eigenvalue weighted by Crippen LogP contribution is 2.29. The standard InChI is InChI=1S/C14H19N5O/c15-14(6-2-3-7-14)9-13(20)16-10-12-18-17-11-5-1-4-8-19(11)12/h1,4-5,8H,2-3,6-7,9-10,15H2,(H,16,20). The quantitative estimate of drug-likeness (QED) is 0.870. The van der Waals surface area contributed by atoms with Crippen molar-refractivity contribution in [2.45, 2.75) is 44.2 Å². The second-order valence-electron chi connectivity index (χ2n) is 5.57. The molecule has 6 heteroatoms. The van der Waals surface area contributed by atoms with E-state index in [1.54, 1.807) is 0 Å². The van der Waals surface area contributed by atoms with Gasteiger partial charge in [0.05, 0.1) is 6.54 Å². The molecular weight excluding hydrogens is 254 g/mol. The lowest BCUT2D eigenvalue weighted by Gasteiger charge is -2.22. The summed E-state index contributed by atoms with van der Waals surface area (Å²) in [6.07, 6.45) is 6.40. The van der Waals surface area contributed by atoms with Gasteiger partial charge in [-0.25, -0.2) is 0 Å². The van der Waals surface area contributed by atoms with E-state index in [0.717, 1.165) is 37.2 Å². The van der Waals surface area contributed by atoms with Crippen LogP contribution in [0, 0.1) is 0 Å². The van der Waals surface area contributed by atoms with Gasteiger partial charge in [-0.15, -0.1) is 10.2 Å². The first-order valence-electron chi connectivity index (χ1n) is 7.01. The highest BCUT2D eigenvalue weighted by molar-refractivity contribution is 5.77. The van der Waals surface area contributed by atoms with Crippen LogP contribution in [0.1, 0.15) is 37.9 Å². The van der Waals surface area contributed by atoms with Crippen molar-refractivity contribution in [2.75, 3.05) is 0 Å². The molecule has 1 saturated carbocycles. The minimum absolute atomic E-state index is 0.0120. The fourth-order valence-corrected chi connectivity index (χ4v) is 2.83. The molecule has 0 aromatic carbocycles. The molecule has 6 nitrogen and oxygen atoms in total. The van der Waals surface area contributed by atoms with Gasteiger partial charge in [0.2, 0.25) is 5.91 Å². The molecule has 0 saturated heterocycles. The molecule has 0 aliphatic heterocycles. The van der Waals surface area contributed by atoms with Gasteiger partial charge in [0.1, 0.15) is 0 Å². The van der Waals surface area contributed by atoms with E-state index >= 15 is 0 Å². The van der Waals surface area contributed by atoms with Crippen LogP contribution < -0.4 is 11.1 Å². The van der Waals surface area contributed by atoms with Crippen LogP contribution in [0.3, 0.4) is 0 Å². The van der Waals surface area contributed by atoms with Crippen molar-refractivity contribution in [3.8, 4) is 0 Å². The van der Waals surface area contributed by atoms with Gasteiger partial charge in [0.15, 0.2) is 11.5 Å². The minimum Gasteiger partial charge on any atom is -0.349 e. The largest absolute Gasteiger partial charge is 0.349 e. The van der Waals surface area contributed by atoms with E-state index in [-0.39, 0.29) is 11.4 Å². The molecule has 2 aromatic heterocycles. The Kier molecular flexibility index (Phi) is 3.40. The zero-order valence-electron chi connectivity index (χ0n) is 11.4. The lowest BCUT2D eigenvalue weighted by molar-refractivity contribution is -0.122. The van der Waals surface area contributed by atoms with Crippen LogP contribution in [0.25, 0.3) is 5.65 Å². The number of nitrogens with two attached hydrogens (primary N) is 1. The fourth-order valence-electron chi connectivity index (χ4n) is 2.83. The second-order valence-corrected chi connectivity index (χ2v) is 5.57. The van der Waals surface area contributed by atoms with Crippen LogP contribution in [0.4, 0.5) is 0 Å². The molecule has 3 N–H and O–H groups in total. The van der Waals surface area contributed by atoms with Crippen molar-refractivity contribution in [1.82, 2.24) is 19.9 Å². The maximum atomic E-state index is 12.0. The van der Waals surface area contributed by atoms with Gasteiger partial charge < -0.3 is 11.1 Å². The zero-order valence-corrected chi connectivity index (χ0v) is 11.4. The van der Waals surface area contributed by atoms with Gasteiger partial charge >= 0.3 is 0 Å². The Morgan fingerprint density at radius 2 is 2.15 bits per heavy atom. The maximum Gasteiger partial charge on any atom is 0.222 e. The molecule has 0 radical (unpaired) electrons. The van der Waals surface area contributed by atoms with E-state index in [4.69, 9.17) is 5.73 Å². The van der Waals surface area contributed by atoms with E-state index in [9.17, 15) is 4.79 Å². The van der Waals surface area contributed by atoms with Gasteiger partial charge in [-0.05, 0) is 25.0 Å². The van der Waals surface area contributed by atoms with Gasteiger partial charge in [-0.1, -0.05) is 18.9 Å². The van der Waals surface area contributed by atoms with Crippen LogP contribution in [0.2, 0.25) is 0 Å². The molecule has 106 valence electrons. The predicted octanol–water partition coefficient (Wildman–Crippen LogP) is 1.01. The molecule has 3 rings (SSSR count). The Morgan fingerprint density at radius 1 is 1.35 bits per heavy atom. The Bertz CT molecular complexity index is 615. The van der Waals surface area contributed by atoms with Gasteiger partial charge in [-0.2, -0.15) is 0 Å². The number of aromatic nitrogens is 3. The third kappa shape index (κ3) is 2.65. The fraction of sp³-hybridized carbons (Fsp3) is 0.500. The van der Waals surface area contributed by atoms with E-state index in [1.165, 1.54) is 0 Å². The molecule has 20 heavy (non-hydrogen) atoms. The maximum absolute atomic E-state index is 12.0. The van der Waals surface area contributed by atoms with Crippen molar-refractivity contribution in [1.29, 1.82) is 0 Å². The van der Waals surface area contributed by atoms with Crippen molar-refractivity contribution in [3.05, 3.63) is 30.2 Å². The number of nitrogens with one attached hydrogen (secondary N) is 1. The Morgan fingerprint density at radius 3 is 2.95 bits per heavy atom. The lowest BCUT2D eigenvalue weighted by atomic mass is 9.94. The molecule has 1 fully saturated rings. The van der Waals surface area contributed by atoms with E-state index in [2.05, 4.69) is 15.5 Å². The summed E-state index contributed by atoms with van der Waals surface area (Å²) < 4.78 is 1.87. The molecule has 1 amide bonds. The SMILES string of the molecule is NC1(CC(=O)NCc2nnc3ccccn23)CCCC1. The summed E-state index contributed by atoms with van der Waals surface area (Å²) in [5.74, 6) is 0.716. The Balaban J connectivity index is 1.60. The topological polar surface area (TPSA) is 85.3 Å². The van der Waals surface area contributed by atoms with Gasteiger partial charge in [-0.3, -0.25) is 9.20 Å². The second kappa shape index (κ2) is 5.20. The molecule has 0 unspecified atom stereocenters. The number of fused-ring (bicyclic) bond motifs is 1. The van der Waals surface area contributed by atoms with Crippen LogP contribution >= 0.6 is 0 Å². The number of pyridine rings is 1. The molecule has 1 aliphatic rings. The third-order valence-corrected chi connectivity index (χ3v) is 3.94. The van der Waals surface area contributed by atoms with Crippen LogP contribution in [-0.4, -0.2) is 26.0 Å². The molecule has 0 spiro atoms. The van der Waals surface area contributed by atoms with E-state index in [0.29, 0.717) is 13.0 Å². The van der Waals surface area contributed by atoms with Crippen LogP contribution in [0.5, 0.6) is 0 Å². The summed E-state index contributed by atoms with van der Waals surface area (Å²) >= 11 is 0. The van der Waals surface area contributed by atoms with Crippen molar-refractivity contribution in [3.63, 3.8) is 0 Å². The number of hydrogen-bond donors (Lipinski definition) is 2. The number of amides is 1. The summed E-state index contributed by atoms with van der Waals surface area (Å²) in [6, 6.07) is 5.70. The number of rotatable bonds is 4. The molecule has 2 heterocycles. The number of hydrogen-bond acceptors (Lipinski definition) is 4. The van der Waals surface area contributed by atoms with Gasteiger partial charge in [0, 0.05) is 18.2 Å². The summed E-state index contributed by atoms with van der Waals surface area (Å²) in [5, 5.41) is 11.0. The predicted molar refractivity (Wildman–Crippen MR) is 74.8 cm³/mol. The normalized spacial score (nSPS) is 17.4.